The van der Waals surface area contributed by atoms with E-state index in [2.05, 4.69) is 10.3 Å². The predicted octanol–water partition coefficient (Wildman–Crippen LogP) is 2.75. The van der Waals surface area contributed by atoms with Crippen LogP contribution in [0.5, 0.6) is 23.0 Å². The minimum Gasteiger partial charge on any atom is -0.497 e. The van der Waals surface area contributed by atoms with Gasteiger partial charge in [0.05, 0.1) is 34.0 Å². The maximum Gasteiger partial charge on any atom is 0.248 e. The number of aromatic nitrogens is 3. The summed E-state index contributed by atoms with van der Waals surface area (Å²) in [4.78, 5) is 17.2. The van der Waals surface area contributed by atoms with Crippen LogP contribution in [-0.4, -0.2) is 49.1 Å². The second kappa shape index (κ2) is 8.73. The van der Waals surface area contributed by atoms with Crippen LogP contribution in [0.25, 0.3) is 11.4 Å². The molecular weight excluding hydrogens is 426 g/mol. The minimum absolute atomic E-state index is 0.329. The monoisotopic (exact) mass is 451 g/mol. The summed E-state index contributed by atoms with van der Waals surface area (Å²) in [5.74, 6) is 2.45. The zero-order valence-electron chi connectivity index (χ0n) is 19.0. The van der Waals surface area contributed by atoms with Gasteiger partial charge in [0, 0.05) is 22.9 Å². The molecular formula is C23H25N5O5. The zero-order valence-corrected chi connectivity index (χ0v) is 19.0. The Hall–Kier alpha value is -4.21. The number of rotatable bonds is 7. The number of nitrogens with one attached hydrogen (secondary N) is 1. The first-order valence-corrected chi connectivity index (χ1v) is 10.1. The van der Waals surface area contributed by atoms with Gasteiger partial charge in [0.2, 0.25) is 11.9 Å². The summed E-state index contributed by atoms with van der Waals surface area (Å²) in [6, 6.07) is 10.2. The molecule has 0 saturated heterocycles. The molecule has 172 valence electrons. The van der Waals surface area contributed by atoms with Crippen LogP contribution in [0.4, 0.5) is 5.95 Å². The van der Waals surface area contributed by atoms with Gasteiger partial charge in [-0.3, -0.25) is 4.79 Å². The second-order valence-electron chi connectivity index (χ2n) is 7.32. The van der Waals surface area contributed by atoms with Crippen molar-refractivity contribution in [3.63, 3.8) is 0 Å². The summed E-state index contributed by atoms with van der Waals surface area (Å²) in [5.41, 5.74) is 8.08. The summed E-state index contributed by atoms with van der Waals surface area (Å²) in [5, 5.41) is 7.85. The first-order valence-electron chi connectivity index (χ1n) is 10.1. The highest BCUT2D eigenvalue weighted by atomic mass is 16.5. The van der Waals surface area contributed by atoms with Crippen LogP contribution in [0, 0.1) is 0 Å². The van der Waals surface area contributed by atoms with E-state index in [9.17, 15) is 4.79 Å². The molecule has 0 aliphatic carbocycles. The first kappa shape index (κ1) is 22.0. The number of fused-ring (bicyclic) bond motifs is 1. The van der Waals surface area contributed by atoms with Crippen LogP contribution in [0.1, 0.15) is 18.5 Å². The van der Waals surface area contributed by atoms with E-state index in [0.717, 1.165) is 5.56 Å². The van der Waals surface area contributed by atoms with Gasteiger partial charge >= 0.3 is 0 Å². The molecule has 1 amide bonds. The molecule has 1 aliphatic heterocycles. The number of ether oxygens (including phenoxy) is 4. The smallest absolute Gasteiger partial charge is 0.248 e. The SMILES string of the molecule is COc1cccc(-c2nc3n(n2)C(c2cc(OC)c(OC)cc2OC)C(C(N)=O)=C(C)N3)c1. The number of nitrogens with two attached hydrogens (primary N) is 1. The maximum absolute atomic E-state index is 12.5. The third-order valence-electron chi connectivity index (χ3n) is 5.48. The number of anilines is 1. The number of carbonyl (C=O) groups excluding carboxylic acids is 1. The number of amides is 1. The highest BCUT2D eigenvalue weighted by molar-refractivity contribution is 5.95. The van der Waals surface area contributed by atoms with Crippen LogP contribution in [0.15, 0.2) is 47.7 Å². The molecule has 3 aromatic rings. The van der Waals surface area contributed by atoms with Crippen LogP contribution < -0.4 is 30.0 Å². The summed E-state index contributed by atoms with van der Waals surface area (Å²) in [7, 11) is 6.21. The number of hydrogen-bond donors (Lipinski definition) is 2. The van der Waals surface area contributed by atoms with Crippen molar-refractivity contribution in [2.24, 2.45) is 5.73 Å². The van der Waals surface area contributed by atoms with Gasteiger partial charge in [-0.1, -0.05) is 12.1 Å². The Balaban J connectivity index is 1.94. The fraction of sp³-hybridized carbons (Fsp3) is 0.261. The molecule has 3 N–H and O–H groups in total. The van der Waals surface area contributed by atoms with Crippen LogP contribution in [0.2, 0.25) is 0 Å². The molecule has 1 atom stereocenters. The van der Waals surface area contributed by atoms with Gasteiger partial charge in [-0.25, -0.2) is 4.68 Å². The Kier molecular flexibility index (Phi) is 5.82. The number of benzene rings is 2. The predicted molar refractivity (Wildman–Crippen MR) is 122 cm³/mol. The van der Waals surface area contributed by atoms with Gasteiger partial charge in [0.15, 0.2) is 17.3 Å². The molecule has 4 rings (SSSR count). The average Bonchev–Trinajstić information content (AvgIpc) is 3.25. The zero-order chi connectivity index (χ0) is 23.7. The standard InChI is InChI=1S/C23H25N5O5/c1-12-19(21(24)29)20(15-10-17(32-4)18(33-5)11-16(15)31-3)28-23(25-12)26-22(27-28)13-7-6-8-14(9-13)30-2/h6-11,20H,1-5H3,(H2,24,29)(H,25,26,27). The van der Waals surface area contributed by atoms with Crippen molar-refractivity contribution < 1.29 is 23.7 Å². The minimum atomic E-state index is -0.708. The van der Waals surface area contributed by atoms with Crippen molar-refractivity contribution in [1.82, 2.24) is 14.8 Å². The van der Waals surface area contributed by atoms with E-state index in [1.807, 2.05) is 24.3 Å². The Bertz CT molecular complexity index is 1250. The molecule has 2 heterocycles. The molecule has 1 unspecified atom stereocenters. The summed E-state index contributed by atoms with van der Waals surface area (Å²) < 4.78 is 23.5. The summed E-state index contributed by atoms with van der Waals surface area (Å²) >= 11 is 0. The van der Waals surface area contributed by atoms with Gasteiger partial charge in [-0.2, -0.15) is 4.98 Å². The van der Waals surface area contributed by atoms with E-state index < -0.39 is 11.9 Å². The molecule has 0 bridgehead atoms. The fourth-order valence-electron chi connectivity index (χ4n) is 3.91. The Morgan fingerprint density at radius 1 is 1.00 bits per heavy atom. The quantitative estimate of drug-likeness (QED) is 0.562. The maximum atomic E-state index is 12.5. The highest BCUT2D eigenvalue weighted by Crippen LogP contribution is 2.44. The Morgan fingerprint density at radius 2 is 1.70 bits per heavy atom. The number of primary amides is 1. The van der Waals surface area contributed by atoms with Crippen molar-refractivity contribution in [1.29, 1.82) is 0 Å². The number of carbonyl (C=O) groups is 1. The number of methoxy groups -OCH3 is 4. The van der Waals surface area contributed by atoms with E-state index in [1.54, 1.807) is 30.8 Å². The van der Waals surface area contributed by atoms with E-state index >= 15 is 0 Å². The van der Waals surface area contributed by atoms with E-state index in [0.29, 0.717) is 51.6 Å². The lowest BCUT2D eigenvalue weighted by Gasteiger charge is -2.29. The lowest BCUT2D eigenvalue weighted by molar-refractivity contribution is -0.115. The van der Waals surface area contributed by atoms with Gasteiger partial charge < -0.3 is 30.0 Å². The molecule has 10 nitrogen and oxygen atoms in total. The summed E-state index contributed by atoms with van der Waals surface area (Å²) in [6.45, 7) is 1.77. The molecule has 0 saturated carbocycles. The molecule has 1 aromatic heterocycles. The molecule has 0 radical (unpaired) electrons. The molecule has 0 spiro atoms. The third kappa shape index (κ3) is 3.79. The fourth-order valence-corrected chi connectivity index (χ4v) is 3.91. The molecule has 33 heavy (non-hydrogen) atoms. The largest absolute Gasteiger partial charge is 0.497 e. The van der Waals surface area contributed by atoms with Crippen LogP contribution >= 0.6 is 0 Å². The van der Waals surface area contributed by atoms with Crippen molar-refractivity contribution >= 4 is 11.9 Å². The first-order chi connectivity index (χ1) is 15.9. The van der Waals surface area contributed by atoms with Gasteiger partial charge in [-0.05, 0) is 25.1 Å². The van der Waals surface area contributed by atoms with Gasteiger partial charge in [0.1, 0.15) is 17.5 Å². The second-order valence-corrected chi connectivity index (χ2v) is 7.32. The van der Waals surface area contributed by atoms with Gasteiger partial charge in [0.25, 0.3) is 0 Å². The van der Waals surface area contributed by atoms with Crippen molar-refractivity contribution in [2.45, 2.75) is 13.0 Å². The number of nitrogens with zero attached hydrogens (tertiary/aromatic N) is 3. The van der Waals surface area contributed by atoms with E-state index in [4.69, 9.17) is 29.8 Å². The van der Waals surface area contributed by atoms with E-state index in [1.165, 1.54) is 21.3 Å². The Morgan fingerprint density at radius 3 is 2.33 bits per heavy atom. The molecule has 1 aliphatic rings. The lowest BCUT2D eigenvalue weighted by atomic mass is 9.94. The third-order valence-corrected chi connectivity index (χ3v) is 5.48. The average molecular weight is 451 g/mol. The molecule has 10 heteroatoms. The van der Waals surface area contributed by atoms with Crippen LogP contribution in [-0.2, 0) is 4.79 Å². The van der Waals surface area contributed by atoms with Crippen molar-refractivity contribution in [3.05, 3.63) is 53.2 Å². The van der Waals surface area contributed by atoms with Crippen molar-refractivity contribution in [2.75, 3.05) is 33.8 Å². The number of hydrogen-bond acceptors (Lipinski definition) is 8. The molecule has 2 aromatic carbocycles. The molecule has 0 fully saturated rings. The Labute approximate surface area is 190 Å². The topological polar surface area (TPSA) is 123 Å². The summed E-state index contributed by atoms with van der Waals surface area (Å²) in [6.07, 6.45) is 0. The van der Waals surface area contributed by atoms with Gasteiger partial charge in [-0.15, -0.1) is 5.10 Å². The number of allylic oxidation sites excluding steroid dienone is 1. The normalized spacial score (nSPS) is 14.9. The lowest BCUT2D eigenvalue weighted by Crippen LogP contribution is -2.32. The highest BCUT2D eigenvalue weighted by Gasteiger charge is 2.36. The van der Waals surface area contributed by atoms with Crippen molar-refractivity contribution in [3.8, 4) is 34.4 Å². The van der Waals surface area contributed by atoms with E-state index in [-0.39, 0.29) is 0 Å². The van der Waals surface area contributed by atoms with Crippen LogP contribution in [0.3, 0.4) is 0 Å².